The number of aliphatic hydroxyl groups excluding tert-OH is 2. The molecule has 0 saturated carbocycles. The van der Waals surface area contributed by atoms with Crippen molar-refractivity contribution < 1.29 is 24.5 Å². The van der Waals surface area contributed by atoms with E-state index in [4.69, 9.17) is 4.74 Å². The van der Waals surface area contributed by atoms with Crippen molar-refractivity contribution in [3.8, 4) is 0 Å². The number of rotatable bonds is 85. The predicted molar refractivity (Wildman–Crippen MR) is 430 cm³/mol. The summed E-state index contributed by atoms with van der Waals surface area (Å²) in [6, 6.07) is -0.628. The van der Waals surface area contributed by atoms with Crippen LogP contribution in [0.2, 0.25) is 0 Å². The highest BCUT2D eigenvalue weighted by Gasteiger charge is 2.18. The molecule has 2 atom stereocenters. The molecule has 574 valence electrons. The first-order valence-electron chi connectivity index (χ1n) is 44.8. The normalized spacial score (nSPS) is 12.6. The average Bonchev–Trinajstić information content (AvgIpc) is 2.23. The lowest BCUT2D eigenvalue weighted by molar-refractivity contribution is -0.143. The van der Waals surface area contributed by atoms with Gasteiger partial charge in [-0.3, -0.25) is 9.59 Å². The maximum Gasteiger partial charge on any atom is 0.305 e. The zero-order valence-electron chi connectivity index (χ0n) is 66.1. The molecule has 0 rings (SSSR count). The number of unbranched alkanes of at least 4 members (excludes halogenated alkanes) is 70. The van der Waals surface area contributed by atoms with Crippen LogP contribution in [0.4, 0.5) is 0 Å². The van der Waals surface area contributed by atoms with E-state index in [9.17, 15) is 19.8 Å². The second-order valence-electron chi connectivity index (χ2n) is 30.9. The van der Waals surface area contributed by atoms with E-state index in [0.29, 0.717) is 19.4 Å². The molecule has 0 aliphatic rings. The number of esters is 1. The Morgan fingerprint density at radius 2 is 0.515 bits per heavy atom. The molecule has 0 bridgehead atoms. The Morgan fingerprint density at radius 3 is 0.784 bits per heavy atom. The van der Waals surface area contributed by atoms with Crippen LogP contribution in [-0.4, -0.2) is 47.4 Å². The lowest BCUT2D eigenvalue weighted by Gasteiger charge is -2.20. The van der Waals surface area contributed by atoms with Crippen LogP contribution in [0.15, 0.2) is 36.5 Å². The fourth-order valence-electron chi connectivity index (χ4n) is 14.4. The van der Waals surface area contributed by atoms with Crippen LogP contribution in [0, 0.1) is 0 Å². The molecule has 0 radical (unpaired) electrons. The van der Waals surface area contributed by atoms with Crippen LogP contribution in [0.25, 0.3) is 0 Å². The van der Waals surface area contributed by atoms with Crippen molar-refractivity contribution in [3.05, 3.63) is 36.5 Å². The van der Waals surface area contributed by atoms with Crippen molar-refractivity contribution in [2.24, 2.45) is 0 Å². The summed E-state index contributed by atoms with van der Waals surface area (Å²) in [4.78, 5) is 24.7. The first kappa shape index (κ1) is 95.1. The highest BCUT2D eigenvalue weighted by atomic mass is 16.5. The molecule has 3 N–H and O–H groups in total. The summed E-state index contributed by atoms with van der Waals surface area (Å²) in [6.45, 7) is 4.97. The van der Waals surface area contributed by atoms with E-state index in [1.54, 1.807) is 6.08 Å². The molecule has 1 amide bonds. The molecule has 0 saturated heterocycles. The van der Waals surface area contributed by atoms with E-state index in [1.165, 1.54) is 437 Å². The number of hydrogen-bond acceptors (Lipinski definition) is 5. The second-order valence-corrected chi connectivity index (χ2v) is 30.9. The van der Waals surface area contributed by atoms with Crippen LogP contribution in [0.3, 0.4) is 0 Å². The van der Waals surface area contributed by atoms with E-state index >= 15 is 0 Å². The predicted octanol–water partition coefficient (Wildman–Crippen LogP) is 30.1. The van der Waals surface area contributed by atoms with Gasteiger partial charge in [-0.25, -0.2) is 0 Å². The van der Waals surface area contributed by atoms with Crippen LogP contribution < -0.4 is 5.32 Å². The topological polar surface area (TPSA) is 95.9 Å². The lowest BCUT2D eigenvalue weighted by Crippen LogP contribution is -2.45. The first-order valence-corrected chi connectivity index (χ1v) is 44.8. The van der Waals surface area contributed by atoms with Crippen molar-refractivity contribution in [3.63, 3.8) is 0 Å². The van der Waals surface area contributed by atoms with Crippen molar-refractivity contribution in [1.82, 2.24) is 5.32 Å². The summed E-state index contributed by atoms with van der Waals surface area (Å²) in [6.07, 6.45) is 115. The van der Waals surface area contributed by atoms with Gasteiger partial charge in [0.1, 0.15) is 0 Å². The number of ether oxygens (including phenoxy) is 1. The first-order chi connectivity index (χ1) is 48.0. The molecule has 0 aliphatic heterocycles. The number of aliphatic hydroxyl groups is 2. The Morgan fingerprint density at radius 1 is 0.289 bits per heavy atom. The number of nitrogens with one attached hydrogen (secondary N) is 1. The minimum atomic E-state index is -0.845. The molecule has 97 heavy (non-hydrogen) atoms. The molecule has 0 spiro atoms. The van der Waals surface area contributed by atoms with Crippen LogP contribution in [-0.2, 0) is 14.3 Å². The van der Waals surface area contributed by atoms with Gasteiger partial charge in [0.25, 0.3) is 0 Å². The maximum absolute atomic E-state index is 12.6. The highest BCUT2D eigenvalue weighted by Crippen LogP contribution is 2.21. The van der Waals surface area contributed by atoms with Gasteiger partial charge < -0.3 is 20.3 Å². The van der Waals surface area contributed by atoms with E-state index in [-0.39, 0.29) is 18.5 Å². The molecule has 0 aliphatic carbocycles. The third kappa shape index (κ3) is 82.9. The minimum absolute atomic E-state index is 0.0245. The molecule has 0 aromatic rings. The quantitative estimate of drug-likeness (QED) is 0.0320. The second kappa shape index (κ2) is 86.5. The average molecular weight is 1360 g/mol. The van der Waals surface area contributed by atoms with E-state index in [2.05, 4.69) is 43.5 Å². The Labute approximate surface area is 608 Å². The van der Waals surface area contributed by atoms with E-state index in [1.807, 2.05) is 6.08 Å². The van der Waals surface area contributed by atoms with Crippen molar-refractivity contribution in [2.75, 3.05) is 13.2 Å². The summed E-state index contributed by atoms with van der Waals surface area (Å²) in [5.41, 5.74) is 0. The van der Waals surface area contributed by atoms with Crippen LogP contribution in [0.1, 0.15) is 508 Å². The Hall–Kier alpha value is -1.92. The van der Waals surface area contributed by atoms with E-state index < -0.39 is 12.1 Å². The standard InChI is InChI=1S/C91H175NO5/c1-3-5-7-9-11-13-15-17-19-21-23-24-25-41-44-48-51-55-59-63-67-71-75-79-83-89(94)88(87-93)92-90(95)84-80-76-72-68-64-60-56-52-49-45-42-39-37-35-33-31-29-27-26-28-30-32-34-36-38-40-43-46-50-54-58-62-66-70-74-78-82-86-97-91(96)85-81-77-73-69-65-61-57-53-47-22-20-18-16-14-12-10-8-6-4-2/h26,28,32,34,79,83,88-89,93-94H,3-25,27,29-31,33,35-78,80-82,84-87H2,1-2H3,(H,92,95)/b28-26-,34-32-,83-79+. The third-order valence-electron chi connectivity index (χ3n) is 21.2. The Bertz CT molecular complexity index is 1570. The number of amides is 1. The van der Waals surface area contributed by atoms with Crippen molar-refractivity contribution in [1.29, 1.82) is 0 Å². The molecule has 0 heterocycles. The zero-order chi connectivity index (χ0) is 69.8. The number of allylic oxidation sites excluding steroid dienone is 5. The van der Waals surface area contributed by atoms with Gasteiger partial charge in [0.05, 0.1) is 25.4 Å². The van der Waals surface area contributed by atoms with Gasteiger partial charge in [-0.15, -0.1) is 0 Å². The molecular formula is C91H175NO5. The minimum Gasteiger partial charge on any atom is -0.466 e. The van der Waals surface area contributed by atoms with Gasteiger partial charge >= 0.3 is 5.97 Å². The summed E-state index contributed by atoms with van der Waals surface area (Å²) >= 11 is 0. The van der Waals surface area contributed by atoms with Gasteiger partial charge in [0, 0.05) is 12.8 Å². The van der Waals surface area contributed by atoms with E-state index in [0.717, 1.165) is 44.9 Å². The molecule has 6 nitrogen and oxygen atoms in total. The van der Waals surface area contributed by atoms with Gasteiger partial charge in [-0.2, -0.15) is 0 Å². The molecule has 2 unspecified atom stereocenters. The molecule has 0 fully saturated rings. The third-order valence-corrected chi connectivity index (χ3v) is 21.2. The van der Waals surface area contributed by atoms with Crippen LogP contribution in [0.5, 0.6) is 0 Å². The lowest BCUT2D eigenvalue weighted by atomic mass is 10.0. The monoisotopic (exact) mass is 1360 g/mol. The molecule has 0 aromatic heterocycles. The molecular weight excluding hydrogens is 1190 g/mol. The number of carbonyl (C=O) groups is 2. The zero-order valence-corrected chi connectivity index (χ0v) is 66.1. The van der Waals surface area contributed by atoms with Crippen molar-refractivity contribution >= 4 is 11.9 Å². The van der Waals surface area contributed by atoms with Crippen LogP contribution >= 0.6 is 0 Å². The molecule has 6 heteroatoms. The largest absolute Gasteiger partial charge is 0.466 e. The summed E-state index contributed by atoms with van der Waals surface area (Å²) in [5, 5.41) is 23.3. The van der Waals surface area contributed by atoms with Gasteiger partial charge in [0.2, 0.25) is 5.91 Å². The SMILES string of the molecule is CCCCCCCCCCCCCCCCCCCCCCCC/C=C/C(O)C(CO)NC(=O)CCCCCCCCCCCCCCCCCCC/C=C\C/C=C\CCCCCCCCCCCCCCCOC(=O)CCCCCCCCCCCCCCCCCCCCC. The summed E-state index contributed by atoms with van der Waals surface area (Å²) in [5.74, 6) is -0.0351. The summed E-state index contributed by atoms with van der Waals surface area (Å²) < 4.78 is 5.52. The Kier molecular flexibility index (Phi) is 84.8. The highest BCUT2D eigenvalue weighted by molar-refractivity contribution is 5.76. The number of carbonyl (C=O) groups excluding carboxylic acids is 2. The smallest absolute Gasteiger partial charge is 0.305 e. The molecule has 0 aromatic carbocycles. The fraction of sp³-hybridized carbons (Fsp3) is 0.912. The maximum atomic E-state index is 12.6. The summed E-state index contributed by atoms with van der Waals surface area (Å²) in [7, 11) is 0. The number of hydrogen-bond donors (Lipinski definition) is 3. The van der Waals surface area contributed by atoms with Gasteiger partial charge in [-0.05, 0) is 64.2 Å². The van der Waals surface area contributed by atoms with Gasteiger partial charge in [0.15, 0.2) is 0 Å². The van der Waals surface area contributed by atoms with Gasteiger partial charge in [-0.1, -0.05) is 468 Å². The Balaban J connectivity index is 3.37. The van der Waals surface area contributed by atoms with Crippen molar-refractivity contribution in [2.45, 2.75) is 520 Å². The fourth-order valence-corrected chi connectivity index (χ4v) is 14.4.